The van der Waals surface area contributed by atoms with Crippen LogP contribution in [0.1, 0.15) is 26.2 Å². The van der Waals surface area contributed by atoms with Gasteiger partial charge in [-0.3, -0.25) is 0 Å². The van der Waals surface area contributed by atoms with E-state index in [-0.39, 0.29) is 5.97 Å². The highest BCUT2D eigenvalue weighted by Gasteiger charge is 2.45. The largest absolute Gasteiger partial charge is 0.460 e. The minimum atomic E-state index is -0.333. The zero-order chi connectivity index (χ0) is 13.4. The van der Waals surface area contributed by atoms with Crippen molar-refractivity contribution in [3.8, 4) is 0 Å². The van der Waals surface area contributed by atoms with Gasteiger partial charge in [-0.25, -0.2) is 4.79 Å². The molecule has 0 aromatic heterocycles. The fourth-order valence-corrected chi connectivity index (χ4v) is 3.53. The van der Waals surface area contributed by atoms with Crippen LogP contribution in [0.5, 0.6) is 0 Å². The first kappa shape index (κ1) is 12.7. The van der Waals surface area contributed by atoms with Gasteiger partial charge in [0.15, 0.2) is 0 Å². The van der Waals surface area contributed by atoms with Gasteiger partial charge in [-0.15, -0.1) is 0 Å². The van der Waals surface area contributed by atoms with Crippen LogP contribution in [0.3, 0.4) is 0 Å². The van der Waals surface area contributed by atoms with E-state index in [0.29, 0.717) is 36.7 Å². The van der Waals surface area contributed by atoms with E-state index < -0.39 is 0 Å². The number of rotatable bonds is 5. The van der Waals surface area contributed by atoms with Crippen molar-refractivity contribution in [2.24, 2.45) is 11.8 Å². The van der Waals surface area contributed by atoms with Crippen LogP contribution in [0.4, 0.5) is 0 Å². The zero-order valence-electron chi connectivity index (χ0n) is 11.4. The zero-order valence-corrected chi connectivity index (χ0v) is 11.4. The van der Waals surface area contributed by atoms with Crippen molar-refractivity contribution in [3.05, 3.63) is 35.5 Å². The normalized spacial score (nSPS) is 30.9. The van der Waals surface area contributed by atoms with Crippen molar-refractivity contribution in [1.29, 1.82) is 0 Å². The second-order valence-corrected chi connectivity index (χ2v) is 5.68. The molecule has 0 N–H and O–H groups in total. The summed E-state index contributed by atoms with van der Waals surface area (Å²) in [6, 6.07) is 0. The molecule has 0 radical (unpaired) electrons. The van der Waals surface area contributed by atoms with Crippen LogP contribution in [0.15, 0.2) is 35.5 Å². The highest BCUT2D eigenvalue weighted by atomic mass is 16.6. The number of carbonyl (C=O) groups is 1. The van der Waals surface area contributed by atoms with Crippen LogP contribution >= 0.6 is 0 Å². The van der Waals surface area contributed by atoms with E-state index in [2.05, 4.69) is 18.7 Å². The Morgan fingerprint density at radius 2 is 2.26 bits per heavy atom. The average molecular weight is 260 g/mol. The first-order valence-corrected chi connectivity index (χ1v) is 6.98. The summed E-state index contributed by atoms with van der Waals surface area (Å²) in [4.78, 5) is 11.2. The van der Waals surface area contributed by atoms with Gasteiger partial charge >= 0.3 is 5.97 Å². The van der Waals surface area contributed by atoms with Gasteiger partial charge in [0.1, 0.15) is 6.61 Å². The summed E-state index contributed by atoms with van der Waals surface area (Å²) in [7, 11) is 0. The van der Waals surface area contributed by atoms with E-state index in [1.807, 2.05) is 0 Å². The number of ether oxygens (including phenoxy) is 2. The third kappa shape index (κ3) is 2.27. The molecule has 2 bridgehead atoms. The SMILES string of the molecule is C=C(C)C(=O)OCCOC1CC2=C3CC=CC3C1C2. The highest BCUT2D eigenvalue weighted by Crippen LogP contribution is 2.53. The molecule has 0 aliphatic heterocycles. The number of carbonyl (C=O) groups excluding carboxylic acids is 1. The Kier molecular flexibility index (Phi) is 3.31. The van der Waals surface area contributed by atoms with Gasteiger partial charge in [0.25, 0.3) is 0 Å². The Bertz CT molecular complexity index is 472. The monoisotopic (exact) mass is 260 g/mol. The van der Waals surface area contributed by atoms with Gasteiger partial charge in [-0.1, -0.05) is 29.9 Å². The molecule has 3 nitrogen and oxygen atoms in total. The van der Waals surface area contributed by atoms with Gasteiger partial charge in [0.2, 0.25) is 0 Å². The molecule has 3 rings (SSSR count). The van der Waals surface area contributed by atoms with Gasteiger partial charge in [-0.05, 0) is 32.1 Å². The van der Waals surface area contributed by atoms with Crippen molar-refractivity contribution < 1.29 is 14.3 Å². The molecule has 0 saturated heterocycles. The molecule has 102 valence electrons. The fourth-order valence-electron chi connectivity index (χ4n) is 3.53. The molecule has 0 heterocycles. The molecule has 3 aliphatic rings. The smallest absolute Gasteiger partial charge is 0.333 e. The number of esters is 1. The summed E-state index contributed by atoms with van der Waals surface area (Å²) >= 11 is 0. The summed E-state index contributed by atoms with van der Waals surface area (Å²) in [5.41, 5.74) is 3.70. The van der Waals surface area contributed by atoms with Crippen LogP contribution < -0.4 is 0 Å². The lowest BCUT2D eigenvalue weighted by Crippen LogP contribution is -2.27. The Labute approximate surface area is 114 Å². The lowest BCUT2D eigenvalue weighted by atomic mass is 9.87. The number of hydrogen-bond acceptors (Lipinski definition) is 3. The van der Waals surface area contributed by atoms with Crippen LogP contribution in [0.2, 0.25) is 0 Å². The summed E-state index contributed by atoms with van der Waals surface area (Å²) in [5.74, 6) is 0.924. The Balaban J connectivity index is 1.45. The third-order valence-corrected chi connectivity index (χ3v) is 4.40. The first-order valence-electron chi connectivity index (χ1n) is 6.98. The first-order chi connectivity index (χ1) is 9.16. The highest BCUT2D eigenvalue weighted by molar-refractivity contribution is 5.86. The molecule has 3 unspecified atom stereocenters. The molecule has 0 aromatic rings. The van der Waals surface area contributed by atoms with Gasteiger partial charge in [0.05, 0.1) is 12.7 Å². The van der Waals surface area contributed by atoms with Crippen molar-refractivity contribution in [1.82, 2.24) is 0 Å². The third-order valence-electron chi connectivity index (χ3n) is 4.40. The van der Waals surface area contributed by atoms with Crippen molar-refractivity contribution >= 4 is 5.97 Å². The van der Waals surface area contributed by atoms with E-state index in [0.717, 1.165) is 12.8 Å². The van der Waals surface area contributed by atoms with Gasteiger partial charge in [0, 0.05) is 11.5 Å². The maximum absolute atomic E-state index is 11.2. The predicted molar refractivity (Wildman–Crippen MR) is 72.5 cm³/mol. The lowest BCUT2D eigenvalue weighted by molar-refractivity contribution is -0.141. The molecule has 19 heavy (non-hydrogen) atoms. The Morgan fingerprint density at radius 1 is 1.42 bits per heavy atom. The maximum Gasteiger partial charge on any atom is 0.333 e. The van der Waals surface area contributed by atoms with E-state index >= 15 is 0 Å². The predicted octanol–water partition coefficient (Wildman–Crippen LogP) is 2.79. The molecular formula is C16H20O3. The van der Waals surface area contributed by atoms with E-state index in [1.54, 1.807) is 18.1 Å². The second-order valence-electron chi connectivity index (χ2n) is 5.68. The molecule has 3 heteroatoms. The Hall–Kier alpha value is -1.35. The minimum Gasteiger partial charge on any atom is -0.460 e. The Morgan fingerprint density at radius 3 is 3.05 bits per heavy atom. The van der Waals surface area contributed by atoms with Crippen molar-refractivity contribution in [2.75, 3.05) is 13.2 Å². The van der Waals surface area contributed by atoms with Crippen LogP contribution in [-0.2, 0) is 14.3 Å². The summed E-state index contributed by atoms with van der Waals surface area (Å²) < 4.78 is 10.9. The molecule has 1 fully saturated rings. The molecular weight excluding hydrogens is 240 g/mol. The maximum atomic E-state index is 11.2. The van der Waals surface area contributed by atoms with Crippen LogP contribution in [0.25, 0.3) is 0 Å². The summed E-state index contributed by atoms with van der Waals surface area (Å²) in [6.07, 6.45) is 8.37. The second kappa shape index (κ2) is 4.97. The molecule has 1 saturated carbocycles. The van der Waals surface area contributed by atoms with E-state index in [1.165, 1.54) is 6.42 Å². The quantitative estimate of drug-likeness (QED) is 0.330. The summed E-state index contributed by atoms with van der Waals surface area (Å²) in [5, 5.41) is 0. The number of hydrogen-bond donors (Lipinski definition) is 0. The van der Waals surface area contributed by atoms with Crippen LogP contribution in [-0.4, -0.2) is 25.3 Å². The minimum absolute atomic E-state index is 0.315. The van der Waals surface area contributed by atoms with Crippen LogP contribution in [0, 0.1) is 11.8 Å². The average Bonchev–Trinajstić information content (AvgIpc) is 3.05. The standard InChI is InChI=1S/C16H20O3/c1-10(2)16(17)19-7-6-18-15-9-11-8-14(15)13-5-3-4-12(11)13/h3,5,13-15H,1,4,6-9H2,2H3. The molecule has 0 spiro atoms. The topological polar surface area (TPSA) is 35.5 Å². The van der Waals surface area contributed by atoms with Gasteiger partial charge < -0.3 is 9.47 Å². The molecule has 0 aromatic carbocycles. The summed E-state index contributed by atoms with van der Waals surface area (Å²) in [6.45, 7) is 6.01. The van der Waals surface area contributed by atoms with Crippen molar-refractivity contribution in [2.45, 2.75) is 32.3 Å². The molecule has 0 amide bonds. The van der Waals surface area contributed by atoms with Crippen molar-refractivity contribution in [3.63, 3.8) is 0 Å². The lowest BCUT2D eigenvalue weighted by Gasteiger charge is -2.26. The number of fused-ring (bicyclic) bond motifs is 4. The number of allylic oxidation sites excluding steroid dienone is 3. The van der Waals surface area contributed by atoms with E-state index in [9.17, 15) is 4.79 Å². The molecule has 3 aliphatic carbocycles. The molecule has 3 atom stereocenters. The van der Waals surface area contributed by atoms with Gasteiger partial charge in [-0.2, -0.15) is 0 Å². The fraction of sp³-hybridized carbons (Fsp3) is 0.562. The van der Waals surface area contributed by atoms with E-state index in [4.69, 9.17) is 9.47 Å².